The minimum atomic E-state index is -0.124. The van der Waals surface area contributed by atoms with E-state index in [4.69, 9.17) is 14.5 Å². The Balaban J connectivity index is 1.78. The summed E-state index contributed by atoms with van der Waals surface area (Å²) in [4.78, 5) is 19.8. The Kier molecular flexibility index (Phi) is 4.84. The van der Waals surface area contributed by atoms with E-state index in [-0.39, 0.29) is 12.0 Å². The number of nitrogens with zero attached hydrogens (tertiary/aromatic N) is 4. The van der Waals surface area contributed by atoms with E-state index in [1.54, 1.807) is 36.0 Å². The molecule has 0 bridgehead atoms. The molecule has 2 aromatic heterocycles. The molecule has 142 valence electrons. The van der Waals surface area contributed by atoms with Gasteiger partial charge in [-0.3, -0.25) is 14.4 Å². The summed E-state index contributed by atoms with van der Waals surface area (Å²) in [5, 5.41) is 4.78. The number of thiazole rings is 1. The average Bonchev–Trinajstić information content (AvgIpc) is 3.40. The van der Waals surface area contributed by atoms with Crippen molar-refractivity contribution >= 4 is 32.6 Å². The van der Waals surface area contributed by atoms with Gasteiger partial charge in [-0.25, -0.2) is 4.98 Å². The molecule has 0 aliphatic carbocycles. The fourth-order valence-corrected chi connectivity index (χ4v) is 4.40. The number of rotatable bonds is 5. The van der Waals surface area contributed by atoms with Gasteiger partial charge < -0.3 is 9.47 Å². The predicted molar refractivity (Wildman–Crippen MR) is 105 cm³/mol. The highest BCUT2D eigenvalue weighted by atomic mass is 32.1. The van der Waals surface area contributed by atoms with Crippen LogP contribution >= 0.6 is 11.3 Å². The molecule has 1 aromatic carbocycles. The van der Waals surface area contributed by atoms with Crippen LogP contribution in [0.4, 0.5) is 5.13 Å². The molecule has 0 spiro atoms. The van der Waals surface area contributed by atoms with Gasteiger partial charge in [0.15, 0.2) is 5.13 Å². The van der Waals surface area contributed by atoms with Crippen molar-refractivity contribution in [3.05, 3.63) is 35.7 Å². The van der Waals surface area contributed by atoms with Crippen molar-refractivity contribution in [3.63, 3.8) is 0 Å². The number of benzene rings is 1. The molecule has 1 amide bonds. The van der Waals surface area contributed by atoms with Gasteiger partial charge in [-0.2, -0.15) is 5.10 Å². The van der Waals surface area contributed by atoms with Gasteiger partial charge in [0, 0.05) is 19.9 Å². The van der Waals surface area contributed by atoms with E-state index >= 15 is 0 Å². The summed E-state index contributed by atoms with van der Waals surface area (Å²) in [6, 6.07) is 5.65. The van der Waals surface area contributed by atoms with E-state index < -0.39 is 0 Å². The van der Waals surface area contributed by atoms with Crippen molar-refractivity contribution in [2.45, 2.75) is 25.9 Å². The Morgan fingerprint density at radius 1 is 1.44 bits per heavy atom. The van der Waals surface area contributed by atoms with Gasteiger partial charge in [0.1, 0.15) is 17.0 Å². The molecule has 7 nitrogen and oxygen atoms in total. The van der Waals surface area contributed by atoms with Crippen LogP contribution in [0.25, 0.3) is 10.2 Å². The molecule has 1 saturated heterocycles. The normalized spacial score (nSPS) is 16.8. The Hall–Kier alpha value is -2.45. The van der Waals surface area contributed by atoms with Gasteiger partial charge in [-0.05, 0) is 37.5 Å². The molecule has 3 heterocycles. The standard InChI is InChI=1S/C19H22N4O3S/c1-12-6-7-15(25-3)16-17(12)27-19(21-16)23(11-13-5-4-10-26-13)18(24)14-8-9-20-22(14)2/h6-9,13H,4-5,10-11H2,1-3H3/t13-/m0/s1. The molecular weight excluding hydrogens is 364 g/mol. The van der Waals surface area contributed by atoms with Crippen LogP contribution in [0.1, 0.15) is 28.9 Å². The first-order chi connectivity index (χ1) is 13.1. The van der Waals surface area contributed by atoms with Crippen LogP contribution in [-0.4, -0.2) is 47.0 Å². The highest BCUT2D eigenvalue weighted by molar-refractivity contribution is 7.22. The first-order valence-corrected chi connectivity index (χ1v) is 9.75. The molecule has 1 atom stereocenters. The van der Waals surface area contributed by atoms with Crippen molar-refractivity contribution in [3.8, 4) is 5.75 Å². The lowest BCUT2D eigenvalue weighted by Crippen LogP contribution is -2.38. The molecule has 3 aromatic rings. The van der Waals surface area contributed by atoms with Crippen LogP contribution in [0.15, 0.2) is 24.4 Å². The fourth-order valence-electron chi connectivity index (χ4n) is 3.34. The van der Waals surface area contributed by atoms with E-state index in [0.29, 0.717) is 23.1 Å². The quantitative estimate of drug-likeness (QED) is 0.674. The zero-order chi connectivity index (χ0) is 19.0. The molecule has 1 aliphatic heterocycles. The topological polar surface area (TPSA) is 69.5 Å². The van der Waals surface area contributed by atoms with Gasteiger partial charge in [-0.1, -0.05) is 17.4 Å². The van der Waals surface area contributed by atoms with Crippen molar-refractivity contribution in [2.75, 3.05) is 25.2 Å². The van der Waals surface area contributed by atoms with Gasteiger partial charge in [0.25, 0.3) is 5.91 Å². The number of carbonyl (C=O) groups excluding carboxylic acids is 1. The van der Waals surface area contributed by atoms with Crippen molar-refractivity contribution in [1.29, 1.82) is 0 Å². The number of hydrogen-bond acceptors (Lipinski definition) is 6. The minimum absolute atomic E-state index is 0.0252. The van der Waals surface area contributed by atoms with Gasteiger partial charge >= 0.3 is 0 Å². The number of ether oxygens (including phenoxy) is 2. The summed E-state index contributed by atoms with van der Waals surface area (Å²) in [5.41, 5.74) is 2.42. The lowest BCUT2D eigenvalue weighted by molar-refractivity contribution is 0.0909. The van der Waals surface area contributed by atoms with Crippen LogP contribution in [0, 0.1) is 6.92 Å². The molecule has 27 heavy (non-hydrogen) atoms. The smallest absolute Gasteiger partial charge is 0.278 e. The number of carbonyl (C=O) groups is 1. The maximum atomic E-state index is 13.3. The first kappa shape index (κ1) is 17.9. The molecule has 8 heteroatoms. The van der Waals surface area contributed by atoms with Gasteiger partial charge in [0.2, 0.25) is 0 Å². The summed E-state index contributed by atoms with van der Waals surface area (Å²) in [6.07, 6.45) is 3.62. The molecule has 1 aliphatic rings. The predicted octanol–water partition coefficient (Wildman–Crippen LogP) is 3.17. The number of hydrogen-bond donors (Lipinski definition) is 0. The second kappa shape index (κ2) is 7.28. The van der Waals surface area contributed by atoms with Crippen LogP contribution < -0.4 is 9.64 Å². The fraction of sp³-hybridized carbons (Fsp3) is 0.421. The Morgan fingerprint density at radius 3 is 2.96 bits per heavy atom. The molecule has 0 saturated carbocycles. The Morgan fingerprint density at radius 2 is 2.30 bits per heavy atom. The average molecular weight is 386 g/mol. The van der Waals surface area contributed by atoms with Gasteiger partial charge in [-0.15, -0.1) is 0 Å². The Labute approximate surface area is 161 Å². The first-order valence-electron chi connectivity index (χ1n) is 8.94. The number of aryl methyl sites for hydroxylation is 2. The van der Waals surface area contributed by atoms with Crippen LogP contribution in [-0.2, 0) is 11.8 Å². The number of fused-ring (bicyclic) bond motifs is 1. The maximum absolute atomic E-state index is 13.3. The third-order valence-corrected chi connectivity index (χ3v) is 6.05. The molecular formula is C19H22N4O3S. The largest absolute Gasteiger partial charge is 0.494 e. The van der Waals surface area contributed by atoms with Gasteiger partial charge in [0.05, 0.1) is 24.5 Å². The summed E-state index contributed by atoms with van der Waals surface area (Å²) in [5.74, 6) is 0.587. The maximum Gasteiger partial charge on any atom is 0.278 e. The van der Waals surface area contributed by atoms with Crippen molar-refractivity contribution in [1.82, 2.24) is 14.8 Å². The number of anilines is 1. The van der Waals surface area contributed by atoms with E-state index in [1.165, 1.54) is 11.3 Å². The van der Waals surface area contributed by atoms with E-state index in [9.17, 15) is 4.79 Å². The zero-order valence-electron chi connectivity index (χ0n) is 15.6. The molecule has 0 unspecified atom stereocenters. The molecule has 0 N–H and O–H groups in total. The number of amides is 1. The highest BCUT2D eigenvalue weighted by Gasteiger charge is 2.29. The monoisotopic (exact) mass is 386 g/mol. The van der Waals surface area contributed by atoms with E-state index in [1.807, 2.05) is 19.1 Å². The van der Waals surface area contributed by atoms with Crippen LogP contribution in [0.5, 0.6) is 5.75 Å². The second-order valence-corrected chi connectivity index (χ2v) is 7.63. The van der Waals surface area contributed by atoms with E-state index in [0.717, 1.165) is 35.2 Å². The number of methoxy groups -OCH3 is 1. The number of aromatic nitrogens is 3. The van der Waals surface area contributed by atoms with Crippen molar-refractivity contribution < 1.29 is 14.3 Å². The third kappa shape index (κ3) is 3.30. The molecule has 0 radical (unpaired) electrons. The minimum Gasteiger partial charge on any atom is -0.494 e. The summed E-state index contributed by atoms with van der Waals surface area (Å²) >= 11 is 1.51. The Bertz CT molecular complexity index is 975. The van der Waals surface area contributed by atoms with Crippen LogP contribution in [0.2, 0.25) is 0 Å². The second-order valence-electron chi connectivity index (χ2n) is 6.65. The molecule has 4 rings (SSSR count). The van der Waals surface area contributed by atoms with E-state index in [2.05, 4.69) is 5.10 Å². The van der Waals surface area contributed by atoms with Crippen LogP contribution in [0.3, 0.4) is 0 Å². The zero-order valence-corrected chi connectivity index (χ0v) is 16.5. The summed E-state index contributed by atoms with van der Waals surface area (Å²) in [6.45, 7) is 3.26. The summed E-state index contributed by atoms with van der Waals surface area (Å²) < 4.78 is 13.9. The SMILES string of the molecule is COc1ccc(C)c2sc(N(C[C@@H]3CCCO3)C(=O)c3ccnn3C)nc12. The lowest BCUT2D eigenvalue weighted by atomic mass is 10.2. The van der Waals surface area contributed by atoms with Crippen molar-refractivity contribution in [2.24, 2.45) is 7.05 Å². The molecule has 1 fully saturated rings. The summed E-state index contributed by atoms with van der Waals surface area (Å²) in [7, 11) is 3.40. The third-order valence-electron chi connectivity index (χ3n) is 4.84. The lowest BCUT2D eigenvalue weighted by Gasteiger charge is -2.23. The highest BCUT2D eigenvalue weighted by Crippen LogP contribution is 2.37.